The second kappa shape index (κ2) is 11.4. The first-order chi connectivity index (χ1) is 24.6. The van der Waals surface area contributed by atoms with Crippen LogP contribution in [-0.4, -0.2) is 9.13 Å². The molecule has 0 saturated carbocycles. The molecule has 0 spiro atoms. The van der Waals surface area contributed by atoms with Gasteiger partial charge in [0.2, 0.25) is 0 Å². The van der Waals surface area contributed by atoms with Crippen LogP contribution >= 0.6 is 0 Å². The lowest BCUT2D eigenvalue weighted by atomic mass is 9.97. The Labute approximate surface area is 288 Å². The molecule has 50 heavy (non-hydrogen) atoms. The normalized spacial score (nSPS) is 11.1. The van der Waals surface area contributed by atoms with Crippen molar-refractivity contribution in [1.29, 1.82) is 5.26 Å². The summed E-state index contributed by atoms with van der Waals surface area (Å²) in [5.41, 5.74) is 12.2. The first-order valence-electron chi connectivity index (χ1n) is 16.2. The van der Waals surface area contributed by atoms with Crippen LogP contribution in [0.5, 0.6) is 0 Å². The molecular formula is C45H25N5. The van der Waals surface area contributed by atoms with E-state index in [0.29, 0.717) is 16.9 Å². The number of fused-ring (bicyclic) bond motifs is 6. The molecule has 2 heterocycles. The monoisotopic (exact) mass is 635 g/mol. The molecule has 9 aromatic rings. The molecule has 0 atom stereocenters. The Morgan fingerprint density at radius 2 is 1.04 bits per heavy atom. The van der Waals surface area contributed by atoms with E-state index in [1.54, 1.807) is 0 Å². The van der Waals surface area contributed by atoms with Crippen LogP contribution in [-0.2, 0) is 0 Å². The maximum atomic E-state index is 9.89. The third-order valence-corrected chi connectivity index (χ3v) is 9.57. The van der Waals surface area contributed by atoms with Gasteiger partial charge in [0, 0.05) is 22.0 Å². The largest absolute Gasteiger partial charge is 0.309 e. The maximum absolute atomic E-state index is 9.89. The molecular weight excluding hydrogens is 611 g/mol. The fraction of sp³-hybridized carbons (Fsp3) is 0. The molecule has 2 aromatic heterocycles. The van der Waals surface area contributed by atoms with Crippen LogP contribution in [0.4, 0.5) is 11.4 Å². The highest BCUT2D eigenvalue weighted by molar-refractivity contribution is 6.11. The minimum atomic E-state index is 0.589. The average Bonchev–Trinajstić information content (AvgIpc) is 3.69. The number of para-hydroxylation sites is 2. The molecule has 0 aliphatic heterocycles. The number of rotatable bonds is 4. The molecule has 0 N–H and O–H groups in total. The summed E-state index contributed by atoms with van der Waals surface area (Å²) in [5.74, 6) is 0. The summed E-state index contributed by atoms with van der Waals surface area (Å²) < 4.78 is 4.50. The molecule has 0 bridgehead atoms. The van der Waals surface area contributed by atoms with Gasteiger partial charge in [0.25, 0.3) is 0 Å². The summed E-state index contributed by atoms with van der Waals surface area (Å²) in [4.78, 5) is 7.35. The van der Waals surface area contributed by atoms with Crippen molar-refractivity contribution < 1.29 is 0 Å². The van der Waals surface area contributed by atoms with Crippen molar-refractivity contribution in [2.24, 2.45) is 0 Å². The van der Waals surface area contributed by atoms with Gasteiger partial charge in [-0.15, -0.1) is 0 Å². The molecule has 0 aliphatic rings. The molecule has 5 nitrogen and oxygen atoms in total. The minimum absolute atomic E-state index is 0.589. The van der Waals surface area contributed by atoms with Gasteiger partial charge >= 0.3 is 0 Å². The number of hydrogen-bond acceptors (Lipinski definition) is 1. The Morgan fingerprint density at radius 3 is 1.68 bits per heavy atom. The van der Waals surface area contributed by atoms with E-state index in [1.165, 1.54) is 0 Å². The SMILES string of the molecule is [C-]#[N+]c1ccc2c(c1)c1ccccc1n2-c1cccc(-c2ccc(-c3cc(C#N)ccc3-n3c4ccccc4c4cc([N+]#[C-])ccc43)cc2)c1. The van der Waals surface area contributed by atoms with Crippen molar-refractivity contribution >= 4 is 55.0 Å². The molecule has 0 aliphatic carbocycles. The summed E-state index contributed by atoms with van der Waals surface area (Å²) in [6, 6.07) is 53.6. The van der Waals surface area contributed by atoms with Crippen LogP contribution in [0.1, 0.15) is 5.56 Å². The zero-order valence-electron chi connectivity index (χ0n) is 26.7. The van der Waals surface area contributed by atoms with Gasteiger partial charge in [-0.25, -0.2) is 9.69 Å². The number of benzene rings is 7. The van der Waals surface area contributed by atoms with E-state index in [1.807, 2.05) is 72.8 Å². The Kier molecular flexibility index (Phi) is 6.56. The zero-order valence-corrected chi connectivity index (χ0v) is 26.7. The van der Waals surface area contributed by atoms with Gasteiger partial charge in [-0.05, 0) is 94.2 Å². The van der Waals surface area contributed by atoms with Gasteiger partial charge in [-0.3, -0.25) is 0 Å². The van der Waals surface area contributed by atoms with Crippen molar-refractivity contribution in [1.82, 2.24) is 9.13 Å². The predicted octanol–water partition coefficient (Wildman–Crippen LogP) is 12.2. The molecule has 230 valence electrons. The van der Waals surface area contributed by atoms with Crippen LogP contribution in [0, 0.1) is 24.5 Å². The van der Waals surface area contributed by atoms with Crippen LogP contribution in [0.15, 0.2) is 152 Å². The molecule has 7 aromatic carbocycles. The topological polar surface area (TPSA) is 42.4 Å². The van der Waals surface area contributed by atoms with Crippen molar-refractivity contribution in [3.8, 4) is 39.7 Å². The molecule has 0 amide bonds. The summed E-state index contributed by atoms with van der Waals surface area (Å²) in [6.45, 7) is 15.1. The van der Waals surface area contributed by atoms with Crippen molar-refractivity contribution in [3.05, 3.63) is 180 Å². The predicted molar refractivity (Wildman–Crippen MR) is 203 cm³/mol. The van der Waals surface area contributed by atoms with Gasteiger partial charge < -0.3 is 9.13 Å². The third-order valence-electron chi connectivity index (χ3n) is 9.57. The van der Waals surface area contributed by atoms with Crippen molar-refractivity contribution in [2.45, 2.75) is 0 Å². The highest BCUT2D eigenvalue weighted by Gasteiger charge is 2.17. The van der Waals surface area contributed by atoms with Gasteiger partial charge in [0.05, 0.1) is 52.5 Å². The number of hydrogen-bond donors (Lipinski definition) is 0. The highest BCUT2D eigenvalue weighted by Crippen LogP contribution is 2.39. The Morgan fingerprint density at radius 1 is 0.460 bits per heavy atom. The average molecular weight is 636 g/mol. The lowest BCUT2D eigenvalue weighted by molar-refractivity contribution is 1.18. The summed E-state index contributed by atoms with van der Waals surface area (Å²) in [6.07, 6.45) is 0. The van der Waals surface area contributed by atoms with E-state index in [4.69, 9.17) is 13.1 Å². The molecule has 9 rings (SSSR count). The van der Waals surface area contributed by atoms with E-state index in [9.17, 15) is 5.26 Å². The number of aromatic nitrogens is 2. The van der Waals surface area contributed by atoms with Gasteiger partial charge in [0.15, 0.2) is 11.4 Å². The van der Waals surface area contributed by atoms with Crippen LogP contribution < -0.4 is 0 Å². The van der Waals surface area contributed by atoms with Gasteiger partial charge in [-0.2, -0.15) is 5.26 Å². The van der Waals surface area contributed by atoms with Crippen LogP contribution in [0.2, 0.25) is 0 Å². The van der Waals surface area contributed by atoms with E-state index in [-0.39, 0.29) is 0 Å². The van der Waals surface area contributed by atoms with Gasteiger partial charge in [0.1, 0.15) is 0 Å². The molecule has 0 unspecified atom stereocenters. The maximum Gasteiger partial charge on any atom is 0.188 e. The number of nitriles is 1. The van der Waals surface area contributed by atoms with E-state index < -0.39 is 0 Å². The second-order valence-corrected chi connectivity index (χ2v) is 12.3. The van der Waals surface area contributed by atoms with Crippen molar-refractivity contribution in [3.63, 3.8) is 0 Å². The Hall–Kier alpha value is -7.39. The summed E-state index contributed by atoms with van der Waals surface area (Å²) in [7, 11) is 0. The first kappa shape index (κ1) is 28.8. The number of nitrogens with zero attached hydrogens (tertiary/aromatic N) is 5. The zero-order chi connectivity index (χ0) is 33.8. The van der Waals surface area contributed by atoms with Crippen LogP contribution in [0.25, 0.3) is 86.9 Å². The molecule has 5 heteroatoms. The quantitative estimate of drug-likeness (QED) is 0.177. The fourth-order valence-electron chi connectivity index (χ4n) is 7.30. The Balaban J connectivity index is 1.16. The lowest BCUT2D eigenvalue weighted by Gasteiger charge is -2.15. The smallest absolute Gasteiger partial charge is 0.188 e. The lowest BCUT2D eigenvalue weighted by Crippen LogP contribution is -1.98. The fourth-order valence-corrected chi connectivity index (χ4v) is 7.30. The first-order valence-corrected chi connectivity index (χ1v) is 16.2. The highest BCUT2D eigenvalue weighted by atomic mass is 15.0. The molecule has 0 fully saturated rings. The minimum Gasteiger partial charge on any atom is -0.309 e. The van der Waals surface area contributed by atoms with Gasteiger partial charge in [-0.1, -0.05) is 84.9 Å². The second-order valence-electron chi connectivity index (χ2n) is 12.3. The van der Waals surface area contributed by atoms with Crippen molar-refractivity contribution in [2.75, 3.05) is 0 Å². The van der Waals surface area contributed by atoms with E-state index >= 15 is 0 Å². The van der Waals surface area contributed by atoms with E-state index in [2.05, 4.69) is 104 Å². The van der Waals surface area contributed by atoms with Crippen LogP contribution in [0.3, 0.4) is 0 Å². The Bertz CT molecular complexity index is 2960. The molecule has 0 radical (unpaired) electrons. The summed E-state index contributed by atoms with van der Waals surface area (Å²) >= 11 is 0. The summed E-state index contributed by atoms with van der Waals surface area (Å²) in [5, 5.41) is 14.2. The standard InChI is InChI=1S/C45H25N5/c1-47-33-19-22-44-39(26-33)36-10-3-5-12-41(36)49(44)35-9-7-8-32(25-35)30-15-17-31(18-16-30)38-24-29(28-46)14-21-43(38)50-42-13-6-4-11-37(42)40-27-34(48-2)20-23-45(40)50/h3-27H. The molecule has 0 saturated heterocycles. The van der Waals surface area contributed by atoms with E-state index in [0.717, 1.165) is 77.2 Å². The third kappa shape index (κ3) is 4.45.